The van der Waals surface area contributed by atoms with Crippen molar-refractivity contribution in [3.63, 3.8) is 0 Å². The van der Waals surface area contributed by atoms with Gasteiger partial charge in [0.25, 0.3) is 0 Å². The molecule has 0 spiro atoms. The zero-order chi connectivity index (χ0) is 20.9. The fourth-order valence-corrected chi connectivity index (χ4v) is 2.35. The smallest absolute Gasteiger partial charge is 0.407 e. The predicted octanol–water partition coefficient (Wildman–Crippen LogP) is 4.34. The van der Waals surface area contributed by atoms with Gasteiger partial charge in [0.2, 0.25) is 0 Å². The Bertz CT molecular complexity index is 932. The maximum absolute atomic E-state index is 12.5. The molecule has 2 aromatic carbocycles. The molecule has 0 radical (unpaired) electrons. The summed E-state index contributed by atoms with van der Waals surface area (Å²) >= 11 is 0. The van der Waals surface area contributed by atoms with Gasteiger partial charge in [0.1, 0.15) is 11.9 Å². The zero-order valence-corrected chi connectivity index (χ0v) is 15.6. The lowest BCUT2D eigenvalue weighted by Gasteiger charge is -2.06. The normalized spacial score (nSPS) is 13.8. The van der Waals surface area contributed by atoms with Crippen LogP contribution < -0.4 is 5.32 Å². The largest absolute Gasteiger partial charge is 0.439 e. The van der Waals surface area contributed by atoms with Gasteiger partial charge in [-0.05, 0) is 42.0 Å². The average molecular weight is 386 g/mol. The average Bonchev–Trinajstić information content (AvgIpc) is 3.22. The van der Waals surface area contributed by atoms with Crippen LogP contribution in [0.1, 0.15) is 22.8 Å². The number of pyridine rings is 1. The number of halogens is 1. The van der Waals surface area contributed by atoms with Crippen LogP contribution in [0.3, 0.4) is 0 Å². The molecular formula is C24H19FN2O2. The molecule has 1 fully saturated rings. The minimum absolute atomic E-state index is 0.284. The predicted molar refractivity (Wildman–Crippen MR) is 110 cm³/mol. The molecule has 0 saturated carbocycles. The van der Waals surface area contributed by atoms with Gasteiger partial charge in [-0.2, -0.15) is 0 Å². The van der Waals surface area contributed by atoms with E-state index < -0.39 is 6.09 Å². The summed E-state index contributed by atoms with van der Waals surface area (Å²) in [4.78, 5) is 14.6. The van der Waals surface area contributed by atoms with Crippen molar-refractivity contribution in [1.29, 1.82) is 0 Å². The minimum Gasteiger partial charge on any atom is -0.439 e. The summed E-state index contributed by atoms with van der Waals surface area (Å²) in [6.45, 7) is 0.449. The first-order valence-electron chi connectivity index (χ1n) is 8.71. The zero-order valence-electron chi connectivity index (χ0n) is 15.6. The van der Waals surface area contributed by atoms with Gasteiger partial charge >= 0.3 is 6.09 Å². The Labute approximate surface area is 169 Å². The first kappa shape index (κ1) is 21.2. The van der Waals surface area contributed by atoms with E-state index >= 15 is 0 Å². The highest BCUT2D eigenvalue weighted by Crippen LogP contribution is 2.20. The molecule has 1 aliphatic rings. The second-order valence-corrected chi connectivity index (χ2v) is 5.68. The van der Waals surface area contributed by atoms with Gasteiger partial charge in [-0.25, -0.2) is 9.18 Å². The Morgan fingerprint density at radius 3 is 2.07 bits per heavy atom. The quantitative estimate of drug-likeness (QED) is 0.633. The van der Waals surface area contributed by atoms with Gasteiger partial charge in [0, 0.05) is 23.5 Å². The van der Waals surface area contributed by atoms with Crippen molar-refractivity contribution in [1.82, 2.24) is 10.3 Å². The molecule has 2 heterocycles. The Hall–Kier alpha value is -4.09. The third-order valence-corrected chi connectivity index (χ3v) is 3.73. The number of amides is 1. The van der Waals surface area contributed by atoms with E-state index in [2.05, 4.69) is 35.0 Å². The molecule has 5 heteroatoms. The van der Waals surface area contributed by atoms with Gasteiger partial charge < -0.3 is 10.1 Å². The molecule has 4 rings (SSSR count). The molecule has 1 aliphatic heterocycles. The summed E-state index contributed by atoms with van der Waals surface area (Å²) < 4.78 is 17.4. The second-order valence-electron chi connectivity index (χ2n) is 5.68. The van der Waals surface area contributed by atoms with Crippen molar-refractivity contribution < 1.29 is 13.9 Å². The van der Waals surface area contributed by atoms with E-state index in [1.54, 1.807) is 24.5 Å². The van der Waals surface area contributed by atoms with Gasteiger partial charge in [-0.1, -0.05) is 42.2 Å². The van der Waals surface area contributed by atoms with E-state index in [0.717, 1.165) is 16.7 Å². The highest BCUT2D eigenvalue weighted by atomic mass is 19.1. The third-order valence-electron chi connectivity index (χ3n) is 3.73. The number of hydrogen-bond donors (Lipinski definition) is 1. The lowest BCUT2D eigenvalue weighted by molar-refractivity contribution is 0.141. The maximum atomic E-state index is 12.5. The summed E-state index contributed by atoms with van der Waals surface area (Å²) in [5.74, 6) is 5.86. The molecule has 4 nitrogen and oxygen atoms in total. The van der Waals surface area contributed by atoms with Crippen LogP contribution in [-0.2, 0) is 4.74 Å². The number of aromatic nitrogens is 1. The topological polar surface area (TPSA) is 51.2 Å². The highest BCUT2D eigenvalue weighted by Gasteiger charge is 2.23. The van der Waals surface area contributed by atoms with E-state index in [0.29, 0.717) is 6.54 Å². The summed E-state index contributed by atoms with van der Waals surface area (Å²) in [5.41, 5.74) is 2.83. The van der Waals surface area contributed by atoms with Crippen LogP contribution in [0.15, 0.2) is 79.1 Å². The van der Waals surface area contributed by atoms with Crippen molar-refractivity contribution in [3.8, 4) is 24.7 Å². The van der Waals surface area contributed by atoms with Crippen LogP contribution in [0.2, 0.25) is 0 Å². The summed E-state index contributed by atoms with van der Waals surface area (Å²) in [6, 6.07) is 19.7. The molecule has 3 aromatic rings. The summed E-state index contributed by atoms with van der Waals surface area (Å²) in [6.07, 6.45) is 10.8. The van der Waals surface area contributed by atoms with Gasteiger partial charge in [0.05, 0.1) is 6.54 Å². The van der Waals surface area contributed by atoms with Crippen LogP contribution in [0.25, 0.3) is 0 Å². The van der Waals surface area contributed by atoms with Crippen molar-refractivity contribution in [2.75, 3.05) is 6.54 Å². The van der Waals surface area contributed by atoms with Gasteiger partial charge in [-0.3, -0.25) is 4.98 Å². The van der Waals surface area contributed by atoms with Crippen molar-refractivity contribution in [2.45, 2.75) is 6.10 Å². The number of nitrogens with zero attached hydrogens (tertiary/aromatic N) is 1. The number of cyclic esters (lactones) is 1. The summed E-state index contributed by atoms with van der Waals surface area (Å²) in [5, 5.41) is 2.53. The Morgan fingerprint density at radius 2 is 1.52 bits per heavy atom. The number of carbonyl (C=O) groups is 1. The standard InChI is InChI=1S/C13H9N.C9H8FNO2.C2H2/c1-2-4-12(5-3-1)6-7-13-8-10-14-11-9-13;10-7-3-1-6(2-4-7)8-5-11-9(12)13-8;1-2/h1-5,8-11H;1-4,8H,5H2,(H,11,12);1-2H/t;8-;/m.1./s1. The van der Waals surface area contributed by atoms with Crippen molar-refractivity contribution in [2.24, 2.45) is 0 Å². The minimum atomic E-state index is -0.422. The molecule has 1 N–H and O–H groups in total. The van der Waals surface area contributed by atoms with E-state index in [4.69, 9.17) is 4.74 Å². The number of hydrogen-bond acceptors (Lipinski definition) is 3. The Morgan fingerprint density at radius 1 is 0.931 bits per heavy atom. The first-order valence-corrected chi connectivity index (χ1v) is 8.71. The molecule has 1 aromatic heterocycles. The van der Waals surface area contributed by atoms with Crippen LogP contribution in [0.4, 0.5) is 9.18 Å². The Kier molecular flexibility index (Phi) is 8.48. The van der Waals surface area contributed by atoms with Crippen LogP contribution in [0, 0.1) is 30.5 Å². The molecule has 0 unspecified atom stereocenters. The van der Waals surface area contributed by atoms with Crippen LogP contribution >= 0.6 is 0 Å². The lowest BCUT2D eigenvalue weighted by Crippen LogP contribution is -2.12. The number of alkyl carbamates (subject to hydrolysis) is 1. The second kappa shape index (κ2) is 11.6. The van der Waals surface area contributed by atoms with E-state index in [1.807, 2.05) is 42.5 Å². The SMILES string of the molecule is C#C.C(#Cc1ccncc1)c1ccccc1.O=C1NC[C@H](c2ccc(F)cc2)O1. The van der Waals surface area contributed by atoms with E-state index in [9.17, 15) is 9.18 Å². The van der Waals surface area contributed by atoms with Crippen LogP contribution in [-0.4, -0.2) is 17.6 Å². The number of nitrogens with one attached hydrogen (secondary N) is 1. The lowest BCUT2D eigenvalue weighted by atomic mass is 10.1. The highest BCUT2D eigenvalue weighted by molar-refractivity contribution is 5.69. The molecule has 1 amide bonds. The van der Waals surface area contributed by atoms with Crippen LogP contribution in [0.5, 0.6) is 0 Å². The molecule has 1 saturated heterocycles. The van der Waals surface area contributed by atoms with Gasteiger partial charge in [-0.15, -0.1) is 12.8 Å². The van der Waals surface area contributed by atoms with Crippen molar-refractivity contribution >= 4 is 6.09 Å². The number of terminal acetylenes is 1. The van der Waals surface area contributed by atoms with Gasteiger partial charge in [0.15, 0.2) is 0 Å². The third kappa shape index (κ3) is 7.21. The number of benzene rings is 2. The number of carbonyl (C=O) groups excluding carboxylic acids is 1. The molecular weight excluding hydrogens is 367 g/mol. The van der Waals surface area contributed by atoms with E-state index in [-0.39, 0.29) is 11.9 Å². The number of ether oxygens (including phenoxy) is 1. The molecule has 29 heavy (non-hydrogen) atoms. The van der Waals surface area contributed by atoms with Crippen molar-refractivity contribution in [3.05, 3.63) is 102 Å². The molecule has 0 bridgehead atoms. The molecule has 144 valence electrons. The molecule has 0 aliphatic carbocycles. The Balaban J connectivity index is 0.000000191. The summed E-state index contributed by atoms with van der Waals surface area (Å²) in [7, 11) is 0. The fraction of sp³-hybridized carbons (Fsp3) is 0.0833. The first-order chi connectivity index (χ1) is 14.2. The molecule has 1 atom stereocenters. The fourth-order valence-electron chi connectivity index (χ4n) is 2.35. The maximum Gasteiger partial charge on any atom is 0.407 e. The number of rotatable bonds is 1. The van der Waals surface area contributed by atoms with E-state index in [1.165, 1.54) is 12.1 Å². The monoisotopic (exact) mass is 386 g/mol.